The first-order valence-corrected chi connectivity index (χ1v) is 11.1. The number of sulfone groups is 1. The summed E-state index contributed by atoms with van der Waals surface area (Å²) in [6.45, 7) is 2.17. The molecule has 1 aromatic heterocycles. The molecule has 0 saturated carbocycles. The number of anilines is 1. The average molecular weight is 419 g/mol. The Bertz CT molecular complexity index is 1110. The monoisotopic (exact) mass is 419 g/mol. The van der Waals surface area contributed by atoms with E-state index in [2.05, 4.69) is 5.32 Å². The van der Waals surface area contributed by atoms with Crippen molar-refractivity contribution >= 4 is 32.8 Å². The highest BCUT2D eigenvalue weighted by atomic mass is 32.2. The van der Waals surface area contributed by atoms with Crippen LogP contribution in [0.4, 0.5) is 10.1 Å². The summed E-state index contributed by atoms with van der Waals surface area (Å²) >= 11 is 1.22. The lowest BCUT2D eigenvalue weighted by Gasteiger charge is -2.09. The number of hydrogen-bond acceptors (Lipinski definition) is 5. The maximum Gasteiger partial charge on any atom is 0.269 e. The van der Waals surface area contributed by atoms with Gasteiger partial charge in [-0.2, -0.15) is 0 Å². The average Bonchev–Trinajstić information content (AvgIpc) is 3.08. The predicted octanol–water partition coefficient (Wildman–Crippen LogP) is 4.61. The largest absolute Gasteiger partial charge is 0.492 e. The zero-order valence-electron chi connectivity index (χ0n) is 15.2. The zero-order chi connectivity index (χ0) is 20.3. The fourth-order valence-electron chi connectivity index (χ4n) is 2.55. The molecule has 0 saturated heterocycles. The van der Waals surface area contributed by atoms with Crippen LogP contribution in [-0.2, 0) is 9.84 Å². The fraction of sp³-hybridized carbons (Fsp3) is 0.150. The summed E-state index contributed by atoms with van der Waals surface area (Å²) < 4.78 is 43.1. The first-order chi connectivity index (χ1) is 13.3. The third-order valence-electron chi connectivity index (χ3n) is 3.88. The molecule has 146 valence electrons. The van der Waals surface area contributed by atoms with Gasteiger partial charge in [0.05, 0.1) is 17.2 Å². The van der Waals surface area contributed by atoms with Gasteiger partial charge in [0.2, 0.25) is 0 Å². The van der Waals surface area contributed by atoms with Crippen LogP contribution >= 0.6 is 11.3 Å². The molecule has 1 heterocycles. The molecular weight excluding hydrogens is 401 g/mol. The molecule has 3 rings (SSSR count). The number of thiophene rings is 1. The number of benzene rings is 2. The Morgan fingerprint density at radius 2 is 1.86 bits per heavy atom. The van der Waals surface area contributed by atoms with Crippen LogP contribution in [0.15, 0.2) is 59.5 Å². The van der Waals surface area contributed by atoms with Gasteiger partial charge in [0.1, 0.15) is 16.4 Å². The van der Waals surface area contributed by atoms with Gasteiger partial charge in [0.25, 0.3) is 5.91 Å². The Morgan fingerprint density at radius 3 is 2.50 bits per heavy atom. The van der Waals surface area contributed by atoms with E-state index in [9.17, 15) is 17.6 Å². The van der Waals surface area contributed by atoms with Crippen LogP contribution in [0.25, 0.3) is 10.4 Å². The maximum absolute atomic E-state index is 14.1. The molecule has 0 atom stereocenters. The van der Waals surface area contributed by atoms with E-state index in [0.29, 0.717) is 12.4 Å². The molecular formula is C20H18FNO4S2. The lowest BCUT2D eigenvalue weighted by Crippen LogP contribution is -2.13. The normalized spacial score (nSPS) is 11.2. The lowest BCUT2D eigenvalue weighted by atomic mass is 10.2. The molecule has 8 heteroatoms. The summed E-state index contributed by atoms with van der Waals surface area (Å²) in [4.78, 5) is 13.8. The Hall–Kier alpha value is -2.71. The smallest absolute Gasteiger partial charge is 0.269 e. The lowest BCUT2D eigenvalue weighted by molar-refractivity contribution is 0.102. The van der Waals surface area contributed by atoms with Crippen molar-refractivity contribution in [2.24, 2.45) is 0 Å². The number of ether oxygens (including phenoxy) is 1. The van der Waals surface area contributed by atoms with Gasteiger partial charge in [-0.3, -0.25) is 4.79 Å². The van der Waals surface area contributed by atoms with Gasteiger partial charge in [-0.15, -0.1) is 11.3 Å². The van der Waals surface area contributed by atoms with Crippen molar-refractivity contribution in [2.45, 2.75) is 11.8 Å². The van der Waals surface area contributed by atoms with E-state index in [1.54, 1.807) is 13.0 Å². The Kier molecular flexibility index (Phi) is 5.81. The van der Waals surface area contributed by atoms with Gasteiger partial charge < -0.3 is 10.1 Å². The maximum atomic E-state index is 14.1. The van der Waals surface area contributed by atoms with Crippen LogP contribution in [0.3, 0.4) is 0 Å². The number of amides is 1. The summed E-state index contributed by atoms with van der Waals surface area (Å²) in [5, 5.41) is 2.45. The van der Waals surface area contributed by atoms with Gasteiger partial charge in [0.15, 0.2) is 9.84 Å². The molecule has 1 N–H and O–H groups in total. The summed E-state index contributed by atoms with van der Waals surface area (Å²) in [5.41, 5.74) is 0.725. The van der Waals surface area contributed by atoms with E-state index < -0.39 is 21.6 Å². The third-order valence-corrected chi connectivity index (χ3v) is 6.15. The molecule has 28 heavy (non-hydrogen) atoms. The van der Waals surface area contributed by atoms with Crippen molar-refractivity contribution in [1.82, 2.24) is 0 Å². The van der Waals surface area contributed by atoms with Crippen molar-refractivity contribution in [1.29, 1.82) is 0 Å². The summed E-state index contributed by atoms with van der Waals surface area (Å²) in [5.74, 6) is -0.901. The van der Waals surface area contributed by atoms with E-state index in [0.717, 1.165) is 34.9 Å². The number of rotatable bonds is 6. The molecule has 0 radical (unpaired) electrons. The van der Waals surface area contributed by atoms with Crippen LogP contribution in [0.1, 0.15) is 16.6 Å². The molecule has 0 unspecified atom stereocenters. The second kappa shape index (κ2) is 8.12. The summed E-state index contributed by atoms with van der Waals surface area (Å²) in [7, 11) is -3.53. The second-order valence-corrected chi connectivity index (χ2v) is 9.04. The number of carbonyl (C=O) groups is 1. The van der Waals surface area contributed by atoms with Gasteiger partial charge in [-0.05, 0) is 36.8 Å². The number of halogens is 1. The third kappa shape index (κ3) is 4.40. The molecule has 0 aliphatic rings. The minimum absolute atomic E-state index is 0.0783. The molecule has 5 nitrogen and oxygen atoms in total. The zero-order valence-corrected chi connectivity index (χ0v) is 16.9. The number of hydrogen-bond donors (Lipinski definition) is 1. The molecule has 0 aliphatic carbocycles. The molecule has 0 bridgehead atoms. The van der Waals surface area contributed by atoms with Crippen LogP contribution < -0.4 is 10.1 Å². The first kappa shape index (κ1) is 20.0. The Morgan fingerprint density at radius 1 is 1.14 bits per heavy atom. The predicted molar refractivity (Wildman–Crippen MR) is 108 cm³/mol. The van der Waals surface area contributed by atoms with E-state index in [1.165, 1.54) is 11.3 Å². The van der Waals surface area contributed by atoms with Crippen molar-refractivity contribution in [3.8, 4) is 16.2 Å². The molecule has 1 amide bonds. The van der Waals surface area contributed by atoms with E-state index in [4.69, 9.17) is 4.74 Å². The van der Waals surface area contributed by atoms with Crippen LogP contribution in [0.5, 0.6) is 5.75 Å². The SMILES string of the molecule is CCOc1cc(-c2ccccc2)sc1C(=O)Nc1cc(S(C)(=O)=O)ccc1F. The highest BCUT2D eigenvalue weighted by Crippen LogP contribution is 2.37. The molecule has 0 spiro atoms. The van der Waals surface area contributed by atoms with Crippen molar-refractivity contribution in [2.75, 3.05) is 18.2 Å². The van der Waals surface area contributed by atoms with Crippen molar-refractivity contribution in [3.63, 3.8) is 0 Å². The molecule has 2 aromatic carbocycles. The summed E-state index contributed by atoms with van der Waals surface area (Å²) in [6.07, 6.45) is 1.02. The van der Waals surface area contributed by atoms with E-state index >= 15 is 0 Å². The van der Waals surface area contributed by atoms with E-state index in [-0.39, 0.29) is 15.5 Å². The van der Waals surface area contributed by atoms with Crippen LogP contribution in [0, 0.1) is 5.82 Å². The second-order valence-electron chi connectivity index (χ2n) is 5.97. The van der Waals surface area contributed by atoms with Crippen molar-refractivity contribution < 1.29 is 22.3 Å². The highest BCUT2D eigenvalue weighted by molar-refractivity contribution is 7.90. The van der Waals surface area contributed by atoms with Gasteiger partial charge >= 0.3 is 0 Å². The highest BCUT2D eigenvalue weighted by Gasteiger charge is 2.20. The number of carbonyl (C=O) groups excluding carboxylic acids is 1. The Balaban J connectivity index is 1.96. The fourth-order valence-corrected chi connectivity index (χ4v) is 4.20. The first-order valence-electron chi connectivity index (χ1n) is 8.42. The minimum Gasteiger partial charge on any atom is -0.492 e. The molecule has 3 aromatic rings. The van der Waals surface area contributed by atoms with Gasteiger partial charge in [-0.1, -0.05) is 30.3 Å². The van der Waals surface area contributed by atoms with Gasteiger partial charge in [0, 0.05) is 11.1 Å². The molecule has 0 aliphatic heterocycles. The minimum atomic E-state index is -3.53. The quantitative estimate of drug-likeness (QED) is 0.592. The van der Waals surface area contributed by atoms with Crippen LogP contribution in [0.2, 0.25) is 0 Å². The molecule has 0 fully saturated rings. The summed E-state index contributed by atoms with van der Waals surface area (Å²) in [6, 6.07) is 14.5. The Labute approximate surface area is 166 Å². The van der Waals surface area contributed by atoms with Gasteiger partial charge in [-0.25, -0.2) is 12.8 Å². The topological polar surface area (TPSA) is 72.5 Å². The van der Waals surface area contributed by atoms with Crippen molar-refractivity contribution in [3.05, 3.63) is 65.3 Å². The van der Waals surface area contributed by atoms with Crippen LogP contribution in [-0.4, -0.2) is 27.2 Å². The standard InChI is InChI=1S/C20H18FNO4S2/c1-3-26-17-12-18(13-7-5-4-6-8-13)27-19(17)20(23)22-16-11-14(28(2,24)25)9-10-15(16)21/h4-12H,3H2,1-2H3,(H,22,23). The van der Waals surface area contributed by atoms with E-state index in [1.807, 2.05) is 30.3 Å². The number of nitrogens with one attached hydrogen (secondary N) is 1.